The summed E-state index contributed by atoms with van der Waals surface area (Å²) in [4.78, 5) is 32.7. The Labute approximate surface area is 196 Å². The number of rotatable bonds is 6. The van der Waals surface area contributed by atoms with Crippen molar-refractivity contribution in [2.45, 2.75) is 23.2 Å². The van der Waals surface area contributed by atoms with Crippen LogP contribution in [0.2, 0.25) is 0 Å². The number of thioether (sulfide) groups is 1. The number of hydrogen-bond donors (Lipinski definition) is 1. The number of hydrogen-bond acceptors (Lipinski definition) is 10. The molecule has 0 aromatic carbocycles. The van der Waals surface area contributed by atoms with Gasteiger partial charge in [-0.2, -0.15) is 5.26 Å². The van der Waals surface area contributed by atoms with Gasteiger partial charge in [0.1, 0.15) is 22.6 Å². The fraction of sp³-hybridized carbons (Fsp3) is 0.476. The van der Waals surface area contributed by atoms with Gasteiger partial charge in [0, 0.05) is 50.6 Å². The highest BCUT2D eigenvalue weighted by Gasteiger charge is 2.24. The average Bonchev–Trinajstić information content (AvgIpc) is 3.27. The van der Waals surface area contributed by atoms with Crippen LogP contribution in [0.5, 0.6) is 0 Å². The number of likely N-dealkylation sites (N-methyl/N-ethyl adjacent to an activating group) is 1. The van der Waals surface area contributed by atoms with Crippen LogP contribution in [0.1, 0.15) is 17.7 Å². The first kappa shape index (κ1) is 22.5. The Balaban J connectivity index is 1.51. The minimum atomic E-state index is -0.00608. The molecule has 1 N–H and O–H groups in total. The summed E-state index contributed by atoms with van der Waals surface area (Å²) in [6.45, 7) is 8.83. The number of aromatic nitrogens is 3. The zero-order valence-electron chi connectivity index (χ0n) is 18.0. The molecule has 0 unspecified atom stereocenters. The largest absolute Gasteiger partial charge is 0.354 e. The van der Waals surface area contributed by atoms with E-state index in [4.69, 9.17) is 15.2 Å². The lowest BCUT2D eigenvalue weighted by atomic mass is 10.1. The predicted octanol–water partition coefficient (Wildman–Crippen LogP) is 2.57. The standard InChI is InChI=1S/C21H26N8OS2/c1-3-19(30)29-6-4-15(5-7-29)31-21-25-17(24-20-23-14-16(13-22)32-20)12-18(26-21)28-10-8-27(2)9-11-28/h3,12,14-15H,1,4-11H2,2H3,(H,23,24,25,26). The van der Waals surface area contributed by atoms with E-state index in [-0.39, 0.29) is 5.91 Å². The third-order valence-corrected chi connectivity index (χ3v) is 7.59. The Kier molecular flexibility index (Phi) is 7.24. The molecular weight excluding hydrogens is 444 g/mol. The van der Waals surface area contributed by atoms with Crippen LogP contribution in [0.15, 0.2) is 30.1 Å². The minimum absolute atomic E-state index is 0.00608. The summed E-state index contributed by atoms with van der Waals surface area (Å²) < 4.78 is 0. The molecule has 2 fully saturated rings. The van der Waals surface area contributed by atoms with Crippen molar-refractivity contribution in [3.8, 4) is 6.07 Å². The van der Waals surface area contributed by atoms with Crippen LogP contribution < -0.4 is 10.2 Å². The number of piperidine rings is 1. The van der Waals surface area contributed by atoms with Crippen LogP contribution in [0.3, 0.4) is 0 Å². The maximum Gasteiger partial charge on any atom is 0.245 e. The maximum atomic E-state index is 11.9. The van der Waals surface area contributed by atoms with Gasteiger partial charge in [-0.25, -0.2) is 15.0 Å². The van der Waals surface area contributed by atoms with Crippen molar-refractivity contribution in [1.29, 1.82) is 5.26 Å². The number of thiazole rings is 1. The number of nitrogens with one attached hydrogen (secondary N) is 1. The number of carbonyl (C=O) groups is 1. The van der Waals surface area contributed by atoms with Gasteiger partial charge in [-0.3, -0.25) is 4.79 Å². The van der Waals surface area contributed by atoms with E-state index in [0.717, 1.165) is 63.1 Å². The molecule has 0 saturated carbocycles. The molecule has 0 aliphatic carbocycles. The highest BCUT2D eigenvalue weighted by atomic mass is 32.2. The Morgan fingerprint density at radius 2 is 2.03 bits per heavy atom. The van der Waals surface area contributed by atoms with E-state index < -0.39 is 0 Å². The van der Waals surface area contributed by atoms with Crippen molar-refractivity contribution < 1.29 is 4.79 Å². The van der Waals surface area contributed by atoms with Gasteiger partial charge in [-0.15, -0.1) is 0 Å². The Bertz CT molecular complexity index is 1000. The first-order chi connectivity index (χ1) is 15.5. The van der Waals surface area contributed by atoms with Gasteiger partial charge in [-0.1, -0.05) is 29.7 Å². The summed E-state index contributed by atoms with van der Waals surface area (Å²) >= 11 is 2.97. The summed E-state index contributed by atoms with van der Waals surface area (Å²) in [5.41, 5.74) is 0. The predicted molar refractivity (Wildman–Crippen MR) is 128 cm³/mol. The van der Waals surface area contributed by atoms with Gasteiger partial charge in [0.05, 0.1) is 6.20 Å². The van der Waals surface area contributed by atoms with Crippen molar-refractivity contribution in [3.05, 3.63) is 29.8 Å². The second kappa shape index (κ2) is 10.3. The van der Waals surface area contributed by atoms with Crippen molar-refractivity contribution in [2.24, 2.45) is 0 Å². The quantitative estimate of drug-likeness (QED) is 0.504. The van der Waals surface area contributed by atoms with Gasteiger partial charge in [-0.05, 0) is 26.0 Å². The van der Waals surface area contributed by atoms with Gasteiger partial charge >= 0.3 is 0 Å². The summed E-state index contributed by atoms with van der Waals surface area (Å²) in [5, 5.41) is 14.0. The van der Waals surface area contributed by atoms with Crippen molar-refractivity contribution in [2.75, 3.05) is 56.5 Å². The van der Waals surface area contributed by atoms with Crippen LogP contribution >= 0.6 is 23.1 Å². The second-order valence-corrected chi connectivity index (χ2v) is 10.1. The molecule has 168 valence electrons. The molecule has 1 amide bonds. The van der Waals surface area contributed by atoms with E-state index in [1.165, 1.54) is 17.4 Å². The van der Waals surface area contributed by atoms with Gasteiger partial charge < -0.3 is 20.0 Å². The lowest BCUT2D eigenvalue weighted by Gasteiger charge is -2.33. The van der Waals surface area contributed by atoms with E-state index in [1.54, 1.807) is 18.0 Å². The fourth-order valence-electron chi connectivity index (χ4n) is 3.69. The molecule has 4 rings (SSSR count). The van der Waals surface area contributed by atoms with Gasteiger partial charge in [0.15, 0.2) is 10.3 Å². The molecule has 2 aliphatic heterocycles. The topological polar surface area (TPSA) is 101 Å². The molecule has 11 heteroatoms. The average molecular weight is 471 g/mol. The lowest BCUT2D eigenvalue weighted by Crippen LogP contribution is -2.44. The smallest absolute Gasteiger partial charge is 0.245 e. The first-order valence-corrected chi connectivity index (χ1v) is 12.3. The number of likely N-dealkylation sites (tertiary alicyclic amines) is 1. The van der Waals surface area contributed by atoms with Crippen molar-refractivity contribution in [1.82, 2.24) is 24.8 Å². The molecule has 0 atom stereocenters. The molecule has 2 aromatic rings. The van der Waals surface area contributed by atoms with E-state index in [0.29, 0.717) is 21.1 Å². The summed E-state index contributed by atoms with van der Waals surface area (Å²) in [6, 6.07) is 4.07. The minimum Gasteiger partial charge on any atom is -0.354 e. The maximum absolute atomic E-state index is 11.9. The normalized spacial score (nSPS) is 17.8. The Morgan fingerprint density at radius 1 is 1.28 bits per heavy atom. The lowest BCUT2D eigenvalue weighted by molar-refractivity contribution is -0.126. The highest BCUT2D eigenvalue weighted by molar-refractivity contribution is 7.99. The monoisotopic (exact) mass is 470 g/mol. The molecule has 2 aromatic heterocycles. The summed E-state index contributed by atoms with van der Waals surface area (Å²) in [7, 11) is 2.13. The molecule has 0 radical (unpaired) electrons. The highest BCUT2D eigenvalue weighted by Crippen LogP contribution is 2.32. The van der Waals surface area contributed by atoms with E-state index in [9.17, 15) is 4.79 Å². The summed E-state index contributed by atoms with van der Waals surface area (Å²) in [5.74, 6) is 1.57. The van der Waals surface area contributed by atoms with E-state index in [2.05, 4.69) is 39.8 Å². The molecule has 2 aliphatic rings. The van der Waals surface area contributed by atoms with E-state index >= 15 is 0 Å². The van der Waals surface area contributed by atoms with Crippen molar-refractivity contribution in [3.63, 3.8) is 0 Å². The third kappa shape index (κ3) is 5.56. The third-order valence-electron chi connectivity index (χ3n) is 5.57. The molecule has 2 saturated heterocycles. The van der Waals surface area contributed by atoms with Gasteiger partial charge in [0.2, 0.25) is 5.91 Å². The molecule has 4 heterocycles. The molecule has 0 spiro atoms. The number of nitrogens with zero attached hydrogens (tertiary/aromatic N) is 7. The fourth-order valence-corrected chi connectivity index (χ4v) is 5.35. The van der Waals surface area contributed by atoms with Crippen LogP contribution in [-0.2, 0) is 4.79 Å². The molecule has 0 bridgehead atoms. The van der Waals surface area contributed by atoms with Crippen molar-refractivity contribution >= 4 is 45.8 Å². The van der Waals surface area contributed by atoms with E-state index in [1.807, 2.05) is 11.0 Å². The summed E-state index contributed by atoms with van der Waals surface area (Å²) in [6.07, 6.45) is 4.73. The SMILES string of the molecule is C=CC(=O)N1CCC(Sc2nc(Nc3ncc(C#N)s3)cc(N3CCN(C)CC3)n2)CC1. The number of anilines is 3. The number of amides is 1. The zero-order valence-corrected chi connectivity index (χ0v) is 19.7. The molecule has 9 nitrogen and oxygen atoms in total. The second-order valence-electron chi connectivity index (χ2n) is 7.80. The van der Waals surface area contributed by atoms with Crippen LogP contribution in [0.25, 0.3) is 0 Å². The first-order valence-electron chi connectivity index (χ1n) is 10.6. The Hall–Kier alpha value is -2.68. The van der Waals surface area contributed by atoms with Crippen LogP contribution in [0.4, 0.5) is 16.8 Å². The Morgan fingerprint density at radius 3 is 2.69 bits per heavy atom. The van der Waals surface area contributed by atoms with Crippen LogP contribution in [0, 0.1) is 11.3 Å². The van der Waals surface area contributed by atoms with Gasteiger partial charge in [0.25, 0.3) is 0 Å². The number of carbonyl (C=O) groups excluding carboxylic acids is 1. The van der Waals surface area contributed by atoms with Crippen LogP contribution in [-0.4, -0.2) is 82.2 Å². The zero-order chi connectivity index (χ0) is 22.5. The molecular formula is C21H26N8OS2. The molecule has 32 heavy (non-hydrogen) atoms. The number of piperazine rings is 1. The number of nitriles is 1.